The molecule has 2 amide bonds. The first-order valence-corrected chi connectivity index (χ1v) is 9.61. The molecule has 0 aliphatic rings. The summed E-state index contributed by atoms with van der Waals surface area (Å²) in [6, 6.07) is 13.9. The van der Waals surface area contributed by atoms with E-state index in [-0.39, 0.29) is 17.9 Å². The number of pyridine rings is 1. The lowest BCUT2D eigenvalue weighted by atomic mass is 10.1. The quantitative estimate of drug-likeness (QED) is 0.545. The summed E-state index contributed by atoms with van der Waals surface area (Å²) in [7, 11) is 0. The fourth-order valence-corrected chi connectivity index (χ4v) is 3.51. The summed E-state index contributed by atoms with van der Waals surface area (Å²) < 4.78 is 1.83. The zero-order chi connectivity index (χ0) is 19.5. The molecule has 140 valence electrons. The van der Waals surface area contributed by atoms with Crippen LogP contribution in [0.2, 0.25) is 0 Å². The summed E-state index contributed by atoms with van der Waals surface area (Å²) in [5.74, 6) is 0.0724. The van der Waals surface area contributed by atoms with Crippen molar-refractivity contribution in [3.8, 4) is 0 Å². The number of carbonyl (C=O) groups excluding carboxylic acids is 2. The third kappa shape index (κ3) is 3.49. The van der Waals surface area contributed by atoms with E-state index in [2.05, 4.69) is 20.8 Å². The number of fused-ring (bicyclic) bond motifs is 1. The predicted octanol–water partition coefficient (Wildman–Crippen LogP) is 3.53. The van der Waals surface area contributed by atoms with Gasteiger partial charge in [-0.1, -0.05) is 18.2 Å². The molecule has 0 saturated heterocycles. The average molecular weight is 391 g/mol. The van der Waals surface area contributed by atoms with Gasteiger partial charge in [0.15, 0.2) is 11.5 Å². The summed E-state index contributed by atoms with van der Waals surface area (Å²) >= 11 is 1.44. The summed E-state index contributed by atoms with van der Waals surface area (Å²) in [4.78, 5) is 25.2. The summed E-state index contributed by atoms with van der Waals surface area (Å²) in [6.45, 7) is 1.84. The highest BCUT2D eigenvalue weighted by Crippen LogP contribution is 2.19. The number of para-hydroxylation sites is 1. The van der Waals surface area contributed by atoms with Gasteiger partial charge < -0.3 is 10.6 Å². The second kappa shape index (κ2) is 7.61. The predicted molar refractivity (Wildman–Crippen MR) is 108 cm³/mol. The molecule has 0 radical (unpaired) electrons. The lowest BCUT2D eigenvalue weighted by Crippen LogP contribution is -2.29. The first-order valence-electron chi connectivity index (χ1n) is 8.66. The van der Waals surface area contributed by atoms with Gasteiger partial charge in [0.2, 0.25) is 0 Å². The van der Waals surface area contributed by atoms with Crippen LogP contribution in [0.1, 0.15) is 39.5 Å². The fraction of sp³-hybridized carbons (Fsp3) is 0.100. The highest BCUT2D eigenvalue weighted by molar-refractivity contribution is 7.08. The van der Waals surface area contributed by atoms with Gasteiger partial charge in [0.25, 0.3) is 11.8 Å². The maximum atomic E-state index is 12.9. The molecule has 8 heteroatoms. The number of hydrogen-bond acceptors (Lipinski definition) is 5. The van der Waals surface area contributed by atoms with E-state index >= 15 is 0 Å². The molecule has 3 aromatic heterocycles. The van der Waals surface area contributed by atoms with Crippen LogP contribution in [-0.2, 0) is 0 Å². The molecule has 7 nitrogen and oxygen atoms in total. The fourth-order valence-electron chi connectivity index (χ4n) is 2.87. The van der Waals surface area contributed by atoms with E-state index in [1.165, 1.54) is 11.3 Å². The highest BCUT2D eigenvalue weighted by atomic mass is 32.1. The third-order valence-electron chi connectivity index (χ3n) is 4.28. The normalized spacial score (nSPS) is 11.9. The number of thiophene rings is 1. The second-order valence-corrected chi connectivity index (χ2v) is 6.97. The minimum Gasteiger partial charge on any atom is -0.342 e. The molecule has 3 heterocycles. The smallest absolute Gasteiger partial charge is 0.256 e. The van der Waals surface area contributed by atoms with Gasteiger partial charge in [0.1, 0.15) is 0 Å². The molecule has 2 N–H and O–H groups in total. The van der Waals surface area contributed by atoms with Crippen molar-refractivity contribution in [2.24, 2.45) is 0 Å². The molecule has 0 saturated carbocycles. The number of rotatable bonds is 5. The zero-order valence-corrected chi connectivity index (χ0v) is 15.8. The highest BCUT2D eigenvalue weighted by Gasteiger charge is 2.19. The van der Waals surface area contributed by atoms with E-state index in [9.17, 15) is 9.59 Å². The first-order chi connectivity index (χ1) is 13.6. The van der Waals surface area contributed by atoms with Crippen LogP contribution >= 0.6 is 11.3 Å². The number of carbonyl (C=O) groups is 2. The number of benzene rings is 1. The monoisotopic (exact) mass is 391 g/mol. The van der Waals surface area contributed by atoms with Crippen molar-refractivity contribution in [1.29, 1.82) is 0 Å². The summed E-state index contributed by atoms with van der Waals surface area (Å²) in [6.07, 6.45) is 1.85. The molecule has 4 rings (SSSR count). The molecule has 1 atom stereocenters. The maximum Gasteiger partial charge on any atom is 0.256 e. The molecule has 0 spiro atoms. The van der Waals surface area contributed by atoms with Gasteiger partial charge in [-0.05, 0) is 42.6 Å². The Kier molecular flexibility index (Phi) is 4.86. The lowest BCUT2D eigenvalue weighted by molar-refractivity contribution is 0.0939. The zero-order valence-electron chi connectivity index (χ0n) is 15.0. The average Bonchev–Trinajstić information content (AvgIpc) is 3.38. The lowest BCUT2D eigenvalue weighted by Gasteiger charge is -2.15. The Morgan fingerprint density at radius 1 is 1.04 bits per heavy atom. The van der Waals surface area contributed by atoms with Gasteiger partial charge in [0.05, 0.1) is 22.9 Å². The van der Waals surface area contributed by atoms with Gasteiger partial charge in [-0.2, -0.15) is 11.3 Å². The van der Waals surface area contributed by atoms with Crippen LogP contribution in [0, 0.1) is 0 Å². The number of nitrogens with zero attached hydrogens (tertiary/aromatic N) is 3. The van der Waals surface area contributed by atoms with E-state index in [0.717, 1.165) is 0 Å². The first kappa shape index (κ1) is 17.9. The molecule has 0 bridgehead atoms. The Hall–Kier alpha value is -3.52. The number of aromatic nitrogens is 3. The van der Waals surface area contributed by atoms with Crippen LogP contribution in [0.15, 0.2) is 65.5 Å². The Balaban J connectivity index is 1.54. The number of anilines is 1. The summed E-state index contributed by atoms with van der Waals surface area (Å²) in [5, 5.41) is 17.6. The molecule has 0 aliphatic carbocycles. The van der Waals surface area contributed by atoms with Crippen LogP contribution in [0.25, 0.3) is 5.65 Å². The van der Waals surface area contributed by atoms with Crippen LogP contribution in [-0.4, -0.2) is 26.4 Å². The van der Waals surface area contributed by atoms with Gasteiger partial charge >= 0.3 is 0 Å². The molecular formula is C20H17N5O2S. The third-order valence-corrected chi connectivity index (χ3v) is 4.96. The van der Waals surface area contributed by atoms with Crippen molar-refractivity contribution in [2.45, 2.75) is 13.0 Å². The van der Waals surface area contributed by atoms with Crippen molar-refractivity contribution in [2.75, 3.05) is 5.32 Å². The molecule has 4 aromatic rings. The van der Waals surface area contributed by atoms with Crippen molar-refractivity contribution >= 4 is 34.5 Å². The standard InChI is InChI=1S/C20H17N5O2S/c1-13(18-24-23-17-8-4-5-10-25(17)18)21-20(27)15-6-2-3-7-16(15)22-19(26)14-9-11-28-12-14/h2-13H,1H3,(H,21,27)(H,22,26). The number of amides is 2. The maximum absolute atomic E-state index is 12.9. The largest absolute Gasteiger partial charge is 0.342 e. The van der Waals surface area contributed by atoms with E-state index in [0.29, 0.717) is 28.3 Å². The van der Waals surface area contributed by atoms with E-state index in [1.54, 1.807) is 35.7 Å². The van der Waals surface area contributed by atoms with E-state index in [4.69, 9.17) is 0 Å². The summed E-state index contributed by atoms with van der Waals surface area (Å²) in [5.41, 5.74) is 2.10. The van der Waals surface area contributed by atoms with Gasteiger partial charge in [-0.15, -0.1) is 10.2 Å². The molecular weight excluding hydrogens is 374 g/mol. The Labute approximate surface area is 165 Å². The Morgan fingerprint density at radius 2 is 1.86 bits per heavy atom. The van der Waals surface area contributed by atoms with Crippen molar-refractivity contribution in [3.63, 3.8) is 0 Å². The van der Waals surface area contributed by atoms with Gasteiger partial charge in [-0.25, -0.2) is 0 Å². The topological polar surface area (TPSA) is 88.4 Å². The van der Waals surface area contributed by atoms with E-state index in [1.807, 2.05) is 41.1 Å². The Bertz CT molecular complexity index is 1140. The van der Waals surface area contributed by atoms with Crippen LogP contribution < -0.4 is 10.6 Å². The molecule has 1 aromatic carbocycles. The second-order valence-electron chi connectivity index (χ2n) is 6.19. The number of hydrogen-bond donors (Lipinski definition) is 2. The molecule has 1 unspecified atom stereocenters. The van der Waals surface area contributed by atoms with Gasteiger partial charge in [-0.3, -0.25) is 14.0 Å². The number of nitrogens with one attached hydrogen (secondary N) is 2. The van der Waals surface area contributed by atoms with Crippen molar-refractivity contribution < 1.29 is 9.59 Å². The van der Waals surface area contributed by atoms with Gasteiger partial charge in [0, 0.05) is 11.6 Å². The minimum absolute atomic E-state index is 0.252. The van der Waals surface area contributed by atoms with Crippen LogP contribution in [0.3, 0.4) is 0 Å². The van der Waals surface area contributed by atoms with Crippen LogP contribution in [0.5, 0.6) is 0 Å². The molecule has 0 fully saturated rings. The minimum atomic E-state index is -0.370. The van der Waals surface area contributed by atoms with Crippen LogP contribution in [0.4, 0.5) is 5.69 Å². The van der Waals surface area contributed by atoms with E-state index < -0.39 is 0 Å². The van der Waals surface area contributed by atoms with Crippen molar-refractivity contribution in [1.82, 2.24) is 19.9 Å². The van der Waals surface area contributed by atoms with Crippen molar-refractivity contribution in [3.05, 3.63) is 82.4 Å². The SMILES string of the molecule is CC(NC(=O)c1ccccc1NC(=O)c1ccsc1)c1nnc2ccccn12. The molecule has 28 heavy (non-hydrogen) atoms. The Morgan fingerprint density at radius 3 is 2.68 bits per heavy atom. The molecule has 0 aliphatic heterocycles.